The highest BCUT2D eigenvalue weighted by Gasteiger charge is 2.22. The van der Waals surface area contributed by atoms with Gasteiger partial charge in [-0.25, -0.2) is 9.51 Å². The number of pyridine rings is 1. The van der Waals surface area contributed by atoms with Crippen molar-refractivity contribution in [3.05, 3.63) is 60.8 Å². The molecule has 186 valence electrons. The molecule has 0 radical (unpaired) electrons. The molecule has 1 saturated heterocycles. The predicted octanol–water partition coefficient (Wildman–Crippen LogP) is 2.51. The number of amidine groups is 1. The van der Waals surface area contributed by atoms with E-state index in [1.165, 1.54) is 6.92 Å². The first-order chi connectivity index (χ1) is 17.3. The number of piperidine rings is 1. The van der Waals surface area contributed by atoms with Gasteiger partial charge in [0, 0.05) is 67.0 Å². The van der Waals surface area contributed by atoms with Gasteiger partial charge in [0.05, 0.1) is 23.5 Å². The molecule has 0 unspecified atom stereocenters. The number of carbonyl (C=O) groups excluding carboxylic acids is 1. The van der Waals surface area contributed by atoms with Gasteiger partial charge in [-0.15, -0.1) is 0 Å². The van der Waals surface area contributed by atoms with Crippen LogP contribution in [0.15, 0.2) is 54.7 Å². The third-order valence-corrected chi connectivity index (χ3v) is 6.37. The molecule has 0 aliphatic carbocycles. The van der Waals surface area contributed by atoms with Crippen LogP contribution < -0.4 is 5.32 Å². The van der Waals surface area contributed by atoms with Crippen molar-refractivity contribution in [3.63, 3.8) is 0 Å². The number of hydrogen-bond acceptors (Lipinski definition) is 6. The van der Waals surface area contributed by atoms with Gasteiger partial charge in [-0.2, -0.15) is 15.5 Å². The van der Waals surface area contributed by atoms with Gasteiger partial charge in [0.25, 0.3) is 0 Å². The maximum absolute atomic E-state index is 11.8. The van der Waals surface area contributed by atoms with E-state index in [0.29, 0.717) is 11.1 Å². The molecule has 1 amide bonds. The Morgan fingerprint density at radius 2 is 2.06 bits per heavy atom. The SMILES string of the molecule is C=C/C(=C\N=C(C)N1CCC(NC(=O)[C@@H](C)O)CC1)c1cc(-c2cnn(C)c2)cn2ncc(C#N)c12. The highest BCUT2D eigenvalue weighted by molar-refractivity contribution is 5.89. The average molecular weight is 487 g/mol. The number of aromatic nitrogens is 4. The van der Waals surface area contributed by atoms with Crippen LogP contribution in [0, 0.1) is 11.3 Å². The smallest absolute Gasteiger partial charge is 0.248 e. The summed E-state index contributed by atoms with van der Waals surface area (Å²) >= 11 is 0. The third kappa shape index (κ3) is 5.21. The van der Waals surface area contributed by atoms with Crippen LogP contribution in [-0.4, -0.2) is 66.4 Å². The first kappa shape index (κ1) is 24.9. The molecule has 1 aliphatic heterocycles. The van der Waals surface area contributed by atoms with Crippen LogP contribution in [0.4, 0.5) is 0 Å². The number of nitrogens with zero attached hydrogens (tertiary/aromatic N) is 7. The fourth-order valence-electron chi connectivity index (χ4n) is 4.30. The lowest BCUT2D eigenvalue weighted by Gasteiger charge is -2.33. The molecule has 3 aromatic heterocycles. The van der Waals surface area contributed by atoms with Crippen molar-refractivity contribution >= 4 is 22.8 Å². The van der Waals surface area contributed by atoms with E-state index in [9.17, 15) is 15.2 Å². The summed E-state index contributed by atoms with van der Waals surface area (Å²) < 4.78 is 3.44. The number of likely N-dealkylation sites (tertiary alicyclic amines) is 1. The highest BCUT2D eigenvalue weighted by Crippen LogP contribution is 2.30. The number of nitrogens with one attached hydrogen (secondary N) is 1. The molecule has 4 heterocycles. The normalized spacial score (nSPS) is 16.1. The van der Waals surface area contributed by atoms with Crippen LogP contribution >= 0.6 is 0 Å². The number of hydrogen-bond donors (Lipinski definition) is 2. The van der Waals surface area contributed by atoms with E-state index in [4.69, 9.17) is 4.99 Å². The van der Waals surface area contributed by atoms with Gasteiger partial charge in [0.2, 0.25) is 5.91 Å². The lowest BCUT2D eigenvalue weighted by Crippen LogP contribution is -2.48. The molecule has 0 spiro atoms. The number of rotatable bonds is 6. The average Bonchev–Trinajstić information content (AvgIpc) is 3.50. The molecule has 1 fully saturated rings. The quantitative estimate of drug-likeness (QED) is 0.313. The van der Waals surface area contributed by atoms with Crippen LogP contribution in [0.25, 0.3) is 22.2 Å². The van der Waals surface area contributed by atoms with Crippen LogP contribution in [0.1, 0.15) is 37.8 Å². The van der Waals surface area contributed by atoms with Gasteiger partial charge < -0.3 is 15.3 Å². The number of carbonyl (C=O) groups is 1. The molecule has 0 aromatic carbocycles. The fourth-order valence-corrected chi connectivity index (χ4v) is 4.30. The number of allylic oxidation sites excluding steroid dienone is 2. The zero-order valence-electron chi connectivity index (χ0n) is 20.7. The van der Waals surface area contributed by atoms with Gasteiger partial charge in [-0.1, -0.05) is 12.7 Å². The Kier molecular flexibility index (Phi) is 7.31. The Labute approximate surface area is 209 Å². The number of aliphatic imine (C=N–C) groups is 1. The van der Waals surface area contributed by atoms with Crippen LogP contribution in [0.5, 0.6) is 0 Å². The van der Waals surface area contributed by atoms with E-state index in [2.05, 4.69) is 33.1 Å². The molecular formula is C26H30N8O2. The summed E-state index contributed by atoms with van der Waals surface area (Å²) in [7, 11) is 1.86. The number of aryl methyl sites for hydroxylation is 1. The number of aliphatic hydroxyl groups is 1. The van der Waals surface area contributed by atoms with E-state index in [1.807, 2.05) is 32.4 Å². The molecule has 36 heavy (non-hydrogen) atoms. The van der Waals surface area contributed by atoms with E-state index in [0.717, 1.165) is 54.0 Å². The number of fused-ring (bicyclic) bond motifs is 1. The monoisotopic (exact) mass is 486 g/mol. The van der Waals surface area contributed by atoms with Crippen molar-refractivity contribution < 1.29 is 9.90 Å². The molecule has 1 aliphatic rings. The zero-order valence-corrected chi connectivity index (χ0v) is 20.7. The van der Waals surface area contributed by atoms with Crippen molar-refractivity contribution in [2.45, 2.75) is 38.8 Å². The van der Waals surface area contributed by atoms with Crippen molar-refractivity contribution in [1.29, 1.82) is 5.26 Å². The Bertz CT molecular complexity index is 1380. The van der Waals surface area contributed by atoms with Gasteiger partial charge >= 0.3 is 0 Å². The van der Waals surface area contributed by atoms with E-state index in [1.54, 1.807) is 33.9 Å². The summed E-state index contributed by atoms with van der Waals surface area (Å²) in [6.07, 6.45) is 11.2. The van der Waals surface area contributed by atoms with Crippen LogP contribution in [0.3, 0.4) is 0 Å². The van der Waals surface area contributed by atoms with Gasteiger partial charge in [0.15, 0.2) is 0 Å². The predicted molar refractivity (Wildman–Crippen MR) is 138 cm³/mol. The van der Waals surface area contributed by atoms with Crippen molar-refractivity contribution in [2.24, 2.45) is 12.0 Å². The van der Waals surface area contributed by atoms with Crippen molar-refractivity contribution in [1.82, 2.24) is 29.6 Å². The van der Waals surface area contributed by atoms with Crippen molar-refractivity contribution in [2.75, 3.05) is 13.1 Å². The summed E-state index contributed by atoms with van der Waals surface area (Å²) in [6.45, 7) is 8.91. The summed E-state index contributed by atoms with van der Waals surface area (Å²) in [6, 6.07) is 4.27. The minimum absolute atomic E-state index is 0.0465. The number of aliphatic hydroxyl groups excluding tert-OH is 1. The van der Waals surface area contributed by atoms with Gasteiger partial charge in [-0.3, -0.25) is 9.48 Å². The Morgan fingerprint density at radius 1 is 1.31 bits per heavy atom. The Morgan fingerprint density at radius 3 is 2.67 bits per heavy atom. The summed E-state index contributed by atoms with van der Waals surface area (Å²) in [4.78, 5) is 18.6. The lowest BCUT2D eigenvalue weighted by molar-refractivity contribution is -0.129. The topological polar surface area (TPSA) is 124 Å². The molecular weight excluding hydrogens is 456 g/mol. The van der Waals surface area contributed by atoms with E-state index in [-0.39, 0.29) is 11.9 Å². The highest BCUT2D eigenvalue weighted by atomic mass is 16.3. The molecule has 4 rings (SSSR count). The minimum atomic E-state index is -1.01. The second-order valence-corrected chi connectivity index (χ2v) is 8.92. The summed E-state index contributed by atoms with van der Waals surface area (Å²) in [5, 5.41) is 30.6. The molecule has 3 aromatic rings. The van der Waals surface area contributed by atoms with E-state index < -0.39 is 6.10 Å². The minimum Gasteiger partial charge on any atom is -0.384 e. The van der Waals surface area contributed by atoms with Crippen LogP contribution in [0.2, 0.25) is 0 Å². The van der Waals surface area contributed by atoms with Crippen molar-refractivity contribution in [3.8, 4) is 17.2 Å². The largest absolute Gasteiger partial charge is 0.384 e. The lowest BCUT2D eigenvalue weighted by atomic mass is 10.0. The second-order valence-electron chi connectivity index (χ2n) is 8.92. The van der Waals surface area contributed by atoms with Gasteiger partial charge in [0.1, 0.15) is 18.0 Å². The molecule has 1 atom stereocenters. The van der Waals surface area contributed by atoms with Gasteiger partial charge in [-0.05, 0) is 32.8 Å². The maximum atomic E-state index is 11.8. The first-order valence-electron chi connectivity index (χ1n) is 11.8. The summed E-state index contributed by atoms with van der Waals surface area (Å²) in [5.74, 6) is 0.511. The zero-order chi connectivity index (χ0) is 25.8. The maximum Gasteiger partial charge on any atom is 0.248 e. The third-order valence-electron chi connectivity index (χ3n) is 6.37. The number of amides is 1. The standard InChI is InChI=1S/C26H30N8O2/c1-5-19(12-28-18(3)33-8-6-23(7-9-33)31-26(36)17(2)35)24-10-20(22-14-29-32(4)15-22)16-34-25(24)21(11-27)13-30-34/h5,10,12-17,23,35H,1,6-9H2,2-4H3,(H,31,36)/b19-12+,28-18?/t17-/m1/s1. The Hall–Kier alpha value is -4.23. The fraction of sp³-hybridized carbons (Fsp3) is 0.346. The molecule has 0 bridgehead atoms. The molecule has 0 saturated carbocycles. The summed E-state index contributed by atoms with van der Waals surface area (Å²) in [5.41, 5.74) is 4.57. The Balaban J connectivity index is 1.61. The van der Waals surface area contributed by atoms with E-state index >= 15 is 0 Å². The first-order valence-corrected chi connectivity index (χ1v) is 11.8. The second kappa shape index (κ2) is 10.6. The molecule has 10 heteroatoms. The number of nitriles is 1. The van der Waals surface area contributed by atoms with Crippen LogP contribution in [-0.2, 0) is 11.8 Å². The molecule has 2 N–H and O–H groups in total. The molecule has 10 nitrogen and oxygen atoms in total.